The van der Waals surface area contributed by atoms with Crippen LogP contribution in [0, 0.1) is 6.92 Å². The number of pyridine rings is 1. The third-order valence-electron chi connectivity index (χ3n) is 3.53. The molecular formula is C17H15ClN2O2. The van der Waals surface area contributed by atoms with Gasteiger partial charge in [-0.1, -0.05) is 29.8 Å². The molecule has 4 nitrogen and oxygen atoms in total. The number of carbonyl (C=O) groups excluding carboxylic acids is 1. The molecule has 0 spiro atoms. The van der Waals surface area contributed by atoms with E-state index in [-0.39, 0.29) is 5.78 Å². The number of halogens is 1. The van der Waals surface area contributed by atoms with Crippen LogP contribution in [0.2, 0.25) is 5.02 Å². The first-order valence-electron chi connectivity index (χ1n) is 6.92. The molecule has 2 heterocycles. The average molecular weight is 315 g/mol. The Morgan fingerprint density at radius 1 is 1.27 bits per heavy atom. The van der Waals surface area contributed by atoms with Gasteiger partial charge in [-0.05, 0) is 30.7 Å². The van der Waals surface area contributed by atoms with E-state index in [2.05, 4.69) is 10.3 Å². The summed E-state index contributed by atoms with van der Waals surface area (Å²) in [6, 6.07) is 10.9. The van der Waals surface area contributed by atoms with E-state index in [1.165, 1.54) is 0 Å². The Balaban J connectivity index is 2.04. The number of aryl methyl sites for hydroxylation is 1. The number of nitrogens with one attached hydrogen (secondary N) is 1. The lowest BCUT2D eigenvalue weighted by molar-refractivity contribution is -0.120. The minimum atomic E-state index is -0.742. The van der Waals surface area contributed by atoms with Crippen LogP contribution in [0.5, 0.6) is 0 Å². The normalized spacial score (nSPS) is 17.6. The van der Waals surface area contributed by atoms with Gasteiger partial charge in [-0.2, -0.15) is 0 Å². The second-order valence-corrected chi connectivity index (χ2v) is 5.46. The molecule has 1 aromatic heterocycles. The summed E-state index contributed by atoms with van der Waals surface area (Å²) in [7, 11) is 1.72. The molecule has 0 unspecified atom stereocenters. The predicted molar refractivity (Wildman–Crippen MR) is 85.2 cm³/mol. The second kappa shape index (κ2) is 5.81. The zero-order chi connectivity index (χ0) is 15.7. The molecule has 1 aliphatic rings. The van der Waals surface area contributed by atoms with Gasteiger partial charge in [0, 0.05) is 23.8 Å². The molecule has 2 aromatic rings. The van der Waals surface area contributed by atoms with Crippen LogP contribution in [0.25, 0.3) is 5.57 Å². The van der Waals surface area contributed by atoms with Gasteiger partial charge in [0.15, 0.2) is 6.10 Å². The minimum Gasteiger partial charge on any atom is -0.462 e. The SMILES string of the molecule is CNC1=C(c2cc(C)ccn2)C(=O)[C@@H](c2ccccc2Cl)O1. The summed E-state index contributed by atoms with van der Waals surface area (Å²) < 4.78 is 5.79. The maximum absolute atomic E-state index is 12.8. The van der Waals surface area contributed by atoms with Gasteiger partial charge in [0.05, 0.1) is 5.69 Å². The van der Waals surface area contributed by atoms with Crippen LogP contribution in [0.1, 0.15) is 22.9 Å². The van der Waals surface area contributed by atoms with Gasteiger partial charge < -0.3 is 10.1 Å². The van der Waals surface area contributed by atoms with Gasteiger partial charge in [0.2, 0.25) is 11.7 Å². The third-order valence-corrected chi connectivity index (χ3v) is 3.88. The van der Waals surface area contributed by atoms with Crippen LogP contribution in [0.4, 0.5) is 0 Å². The highest BCUT2D eigenvalue weighted by Crippen LogP contribution is 2.38. The summed E-state index contributed by atoms with van der Waals surface area (Å²) in [5.41, 5.74) is 2.74. The van der Waals surface area contributed by atoms with E-state index < -0.39 is 6.10 Å². The number of ketones is 1. The summed E-state index contributed by atoms with van der Waals surface area (Å²) in [6.07, 6.45) is 0.939. The van der Waals surface area contributed by atoms with Crippen molar-refractivity contribution in [1.82, 2.24) is 10.3 Å². The van der Waals surface area contributed by atoms with Crippen molar-refractivity contribution in [2.75, 3.05) is 7.05 Å². The molecule has 0 aliphatic carbocycles. The van der Waals surface area contributed by atoms with Crippen molar-refractivity contribution in [2.24, 2.45) is 0 Å². The Morgan fingerprint density at radius 2 is 2.05 bits per heavy atom. The number of Topliss-reactive ketones (excluding diaryl/α,β-unsaturated/α-hetero) is 1. The quantitative estimate of drug-likeness (QED) is 0.944. The van der Waals surface area contributed by atoms with E-state index in [9.17, 15) is 4.79 Å². The summed E-state index contributed by atoms with van der Waals surface area (Å²) in [4.78, 5) is 17.1. The average Bonchev–Trinajstić information content (AvgIpc) is 2.84. The van der Waals surface area contributed by atoms with Crippen molar-refractivity contribution >= 4 is 23.0 Å². The van der Waals surface area contributed by atoms with Crippen LogP contribution >= 0.6 is 11.6 Å². The Kier molecular flexibility index (Phi) is 3.86. The smallest absolute Gasteiger partial charge is 0.215 e. The third kappa shape index (κ3) is 2.46. The van der Waals surface area contributed by atoms with Crippen molar-refractivity contribution in [3.63, 3.8) is 0 Å². The number of hydrogen-bond donors (Lipinski definition) is 1. The summed E-state index contributed by atoms with van der Waals surface area (Å²) in [6.45, 7) is 1.95. The van der Waals surface area contributed by atoms with Crippen LogP contribution in [0.3, 0.4) is 0 Å². The molecule has 0 amide bonds. The van der Waals surface area contributed by atoms with Gasteiger partial charge in [0.25, 0.3) is 0 Å². The predicted octanol–water partition coefficient (Wildman–Crippen LogP) is 3.27. The number of benzene rings is 1. The zero-order valence-corrected chi connectivity index (χ0v) is 13.0. The molecule has 1 aliphatic heterocycles. The molecule has 1 N–H and O–H groups in total. The molecule has 0 saturated carbocycles. The van der Waals surface area contributed by atoms with Gasteiger partial charge in [0.1, 0.15) is 5.57 Å². The van der Waals surface area contributed by atoms with E-state index in [1.807, 2.05) is 31.2 Å². The van der Waals surface area contributed by atoms with Gasteiger partial charge in [-0.15, -0.1) is 0 Å². The zero-order valence-electron chi connectivity index (χ0n) is 12.3. The van der Waals surface area contributed by atoms with E-state index in [1.54, 1.807) is 25.4 Å². The first-order chi connectivity index (χ1) is 10.6. The molecule has 3 rings (SSSR count). The van der Waals surface area contributed by atoms with Crippen LogP contribution in [-0.4, -0.2) is 17.8 Å². The number of rotatable bonds is 3. The number of hydrogen-bond acceptors (Lipinski definition) is 4. The van der Waals surface area contributed by atoms with Crippen molar-refractivity contribution < 1.29 is 9.53 Å². The summed E-state index contributed by atoms with van der Waals surface area (Å²) in [5, 5.41) is 3.44. The minimum absolute atomic E-state index is 0.143. The largest absolute Gasteiger partial charge is 0.462 e. The molecule has 1 atom stereocenters. The Bertz CT molecular complexity index is 771. The van der Waals surface area contributed by atoms with Crippen molar-refractivity contribution in [3.05, 3.63) is 70.3 Å². The van der Waals surface area contributed by atoms with Crippen LogP contribution in [0.15, 0.2) is 48.5 Å². The fraction of sp³-hybridized carbons (Fsp3) is 0.176. The molecule has 112 valence electrons. The fourth-order valence-corrected chi connectivity index (χ4v) is 2.70. The molecule has 0 saturated heterocycles. The van der Waals surface area contributed by atoms with Crippen molar-refractivity contribution in [3.8, 4) is 0 Å². The Labute approximate surface area is 133 Å². The Morgan fingerprint density at radius 3 is 2.73 bits per heavy atom. The molecule has 1 aromatic carbocycles. The number of nitrogens with zero attached hydrogens (tertiary/aromatic N) is 1. The topological polar surface area (TPSA) is 51.2 Å². The Hall–Kier alpha value is -2.33. The highest BCUT2D eigenvalue weighted by molar-refractivity contribution is 6.32. The molecule has 0 bridgehead atoms. The number of ether oxygens (including phenoxy) is 1. The van der Waals surface area contributed by atoms with Crippen molar-refractivity contribution in [1.29, 1.82) is 0 Å². The van der Waals surface area contributed by atoms with Crippen LogP contribution in [-0.2, 0) is 9.53 Å². The lowest BCUT2D eigenvalue weighted by Gasteiger charge is -2.12. The lowest BCUT2D eigenvalue weighted by atomic mass is 9.99. The lowest BCUT2D eigenvalue weighted by Crippen LogP contribution is -2.11. The second-order valence-electron chi connectivity index (χ2n) is 5.06. The number of aromatic nitrogens is 1. The molecular weight excluding hydrogens is 300 g/mol. The first-order valence-corrected chi connectivity index (χ1v) is 7.30. The molecule has 0 fully saturated rings. The van der Waals surface area contributed by atoms with Gasteiger partial charge in [-0.25, -0.2) is 0 Å². The standard InChI is InChI=1S/C17H15ClN2O2/c1-10-7-8-20-13(9-10)14-15(21)16(22-17(14)19-2)11-5-3-4-6-12(11)18/h3-9,16,19H,1-2H3/t16-/m1/s1. The first kappa shape index (κ1) is 14.6. The highest BCUT2D eigenvalue weighted by atomic mass is 35.5. The van der Waals surface area contributed by atoms with Crippen LogP contribution < -0.4 is 5.32 Å². The van der Waals surface area contributed by atoms with E-state index in [0.29, 0.717) is 27.7 Å². The fourth-order valence-electron chi connectivity index (χ4n) is 2.47. The maximum atomic E-state index is 12.8. The van der Waals surface area contributed by atoms with Gasteiger partial charge >= 0.3 is 0 Å². The molecule has 22 heavy (non-hydrogen) atoms. The monoisotopic (exact) mass is 314 g/mol. The summed E-state index contributed by atoms with van der Waals surface area (Å²) in [5.74, 6) is 0.281. The van der Waals surface area contributed by atoms with E-state index in [0.717, 1.165) is 5.56 Å². The summed E-state index contributed by atoms with van der Waals surface area (Å²) >= 11 is 6.19. The maximum Gasteiger partial charge on any atom is 0.215 e. The van der Waals surface area contributed by atoms with E-state index >= 15 is 0 Å². The van der Waals surface area contributed by atoms with Crippen molar-refractivity contribution in [2.45, 2.75) is 13.0 Å². The highest BCUT2D eigenvalue weighted by Gasteiger charge is 2.38. The molecule has 5 heteroatoms. The van der Waals surface area contributed by atoms with Gasteiger partial charge in [-0.3, -0.25) is 9.78 Å². The molecule has 0 radical (unpaired) electrons. The number of carbonyl (C=O) groups is 1. The van der Waals surface area contributed by atoms with E-state index in [4.69, 9.17) is 16.3 Å².